The fourth-order valence-corrected chi connectivity index (χ4v) is 5.01. The highest BCUT2D eigenvalue weighted by Gasteiger charge is 2.30. The molecule has 0 aliphatic carbocycles. The van der Waals surface area contributed by atoms with Gasteiger partial charge in [0.25, 0.3) is 0 Å². The van der Waals surface area contributed by atoms with Crippen LogP contribution in [0.5, 0.6) is 5.75 Å². The number of benzene rings is 2. The standard InChI is InChI=1S/C29H43N5O2/c1-7-11-27(34-18-21(2)31-22(3)19-34)29(33(5)6)32-26-16-25(15-14-24(26)20-35)36-28(17-30-4)23-12-9-8-10-13-23/h8-10,12-16,20-22,27-28,30-31H,7,11,17-19H2,1-6H3. The van der Waals surface area contributed by atoms with Crippen LogP contribution in [0.15, 0.2) is 53.5 Å². The number of rotatable bonds is 11. The molecule has 0 aromatic heterocycles. The van der Waals surface area contributed by atoms with Crippen LogP contribution < -0.4 is 15.4 Å². The van der Waals surface area contributed by atoms with Gasteiger partial charge >= 0.3 is 0 Å². The van der Waals surface area contributed by atoms with Crippen molar-refractivity contribution >= 4 is 17.8 Å². The SMILES string of the molecule is CCCC(C(=Nc1cc(OC(CNC)c2ccccc2)ccc1C=O)N(C)C)N1CC(C)NC(C)C1. The van der Waals surface area contributed by atoms with Crippen LogP contribution in [-0.4, -0.2) is 80.8 Å². The number of hydrogen-bond acceptors (Lipinski definition) is 6. The lowest BCUT2D eigenvalue weighted by Gasteiger charge is -2.42. The molecule has 7 nitrogen and oxygen atoms in total. The Morgan fingerprint density at radius 1 is 1.19 bits per heavy atom. The highest BCUT2D eigenvalue weighted by molar-refractivity contribution is 5.92. The van der Waals surface area contributed by atoms with Gasteiger partial charge in [-0.25, -0.2) is 4.99 Å². The Hall–Kier alpha value is -2.74. The molecule has 0 spiro atoms. The highest BCUT2D eigenvalue weighted by Crippen LogP contribution is 2.29. The van der Waals surface area contributed by atoms with Crippen molar-refractivity contribution in [2.75, 3.05) is 40.8 Å². The molecule has 1 fully saturated rings. The van der Waals surface area contributed by atoms with Crippen molar-refractivity contribution in [1.29, 1.82) is 0 Å². The third kappa shape index (κ3) is 7.38. The van der Waals surface area contributed by atoms with E-state index >= 15 is 0 Å². The van der Waals surface area contributed by atoms with Crippen molar-refractivity contribution < 1.29 is 9.53 Å². The number of likely N-dealkylation sites (N-methyl/N-ethyl adjacent to an activating group) is 2. The van der Waals surface area contributed by atoms with Crippen molar-refractivity contribution in [3.63, 3.8) is 0 Å². The lowest BCUT2D eigenvalue weighted by atomic mass is 10.0. The van der Waals surface area contributed by atoms with Crippen molar-refractivity contribution in [3.8, 4) is 5.75 Å². The van der Waals surface area contributed by atoms with E-state index in [4.69, 9.17) is 9.73 Å². The highest BCUT2D eigenvalue weighted by atomic mass is 16.5. The monoisotopic (exact) mass is 493 g/mol. The molecule has 0 saturated carbocycles. The molecule has 1 aliphatic rings. The molecule has 0 bridgehead atoms. The summed E-state index contributed by atoms with van der Waals surface area (Å²) in [5, 5.41) is 6.85. The number of nitrogens with zero attached hydrogens (tertiary/aromatic N) is 3. The van der Waals surface area contributed by atoms with E-state index in [2.05, 4.69) is 53.3 Å². The fourth-order valence-electron chi connectivity index (χ4n) is 5.01. The molecule has 3 rings (SSSR count). The molecule has 1 saturated heterocycles. The van der Waals surface area contributed by atoms with Crippen LogP contribution >= 0.6 is 0 Å². The predicted octanol–water partition coefficient (Wildman–Crippen LogP) is 4.28. The number of hydrogen-bond donors (Lipinski definition) is 2. The van der Waals surface area contributed by atoms with Crippen LogP contribution in [0.25, 0.3) is 0 Å². The van der Waals surface area contributed by atoms with Gasteiger partial charge in [-0.2, -0.15) is 0 Å². The van der Waals surface area contributed by atoms with E-state index < -0.39 is 0 Å². The minimum atomic E-state index is -0.153. The minimum Gasteiger partial charge on any atom is -0.484 e. The smallest absolute Gasteiger partial charge is 0.152 e. The van der Waals surface area contributed by atoms with Crippen LogP contribution in [0, 0.1) is 0 Å². The van der Waals surface area contributed by atoms with Crippen LogP contribution in [0.2, 0.25) is 0 Å². The van der Waals surface area contributed by atoms with Crippen LogP contribution in [0.1, 0.15) is 55.6 Å². The number of aliphatic imine (C=N–C) groups is 1. The first-order valence-corrected chi connectivity index (χ1v) is 13.1. The van der Waals surface area contributed by atoms with Gasteiger partial charge in [-0.3, -0.25) is 9.69 Å². The van der Waals surface area contributed by atoms with Gasteiger partial charge < -0.3 is 20.3 Å². The van der Waals surface area contributed by atoms with Gasteiger partial charge in [0, 0.05) is 57.4 Å². The summed E-state index contributed by atoms with van der Waals surface area (Å²) in [7, 11) is 5.99. The van der Waals surface area contributed by atoms with E-state index in [1.54, 1.807) is 6.07 Å². The first-order valence-electron chi connectivity index (χ1n) is 13.1. The summed E-state index contributed by atoms with van der Waals surface area (Å²) in [6.07, 6.45) is 2.78. The largest absolute Gasteiger partial charge is 0.484 e. The maximum atomic E-state index is 12.0. The number of carbonyl (C=O) groups is 1. The van der Waals surface area contributed by atoms with E-state index in [0.717, 1.165) is 43.6 Å². The molecule has 2 aromatic rings. The van der Waals surface area contributed by atoms with Gasteiger partial charge in [0.05, 0.1) is 11.7 Å². The third-order valence-corrected chi connectivity index (χ3v) is 6.55. The van der Waals surface area contributed by atoms with E-state index in [1.165, 1.54) is 0 Å². The molecule has 196 valence electrons. The number of nitrogens with one attached hydrogen (secondary N) is 2. The van der Waals surface area contributed by atoms with Crippen LogP contribution in [0.4, 0.5) is 5.69 Å². The Kier molecular flexibility index (Phi) is 10.5. The van der Waals surface area contributed by atoms with Gasteiger partial charge in [0.2, 0.25) is 0 Å². The van der Waals surface area contributed by atoms with Crippen LogP contribution in [0.3, 0.4) is 0 Å². The van der Waals surface area contributed by atoms with Crippen molar-refractivity contribution in [1.82, 2.24) is 20.4 Å². The first-order chi connectivity index (χ1) is 17.4. The quantitative estimate of drug-likeness (QED) is 0.277. The van der Waals surface area contributed by atoms with Gasteiger partial charge in [0.1, 0.15) is 17.7 Å². The topological polar surface area (TPSA) is 69.2 Å². The maximum Gasteiger partial charge on any atom is 0.152 e. The van der Waals surface area contributed by atoms with Crippen molar-refractivity contribution in [2.45, 2.75) is 57.8 Å². The number of aldehydes is 1. The summed E-state index contributed by atoms with van der Waals surface area (Å²) < 4.78 is 6.40. The van der Waals surface area contributed by atoms with Crippen LogP contribution in [-0.2, 0) is 0 Å². The molecule has 4 atom stereocenters. The van der Waals surface area contributed by atoms with Crippen molar-refractivity contribution in [3.05, 3.63) is 59.7 Å². The molecule has 2 aromatic carbocycles. The molecule has 4 unspecified atom stereocenters. The Labute approximate surface area is 216 Å². The van der Waals surface area contributed by atoms with E-state index in [1.807, 2.05) is 51.5 Å². The second-order valence-electron chi connectivity index (χ2n) is 10.0. The molecule has 2 N–H and O–H groups in total. The average Bonchev–Trinajstić information content (AvgIpc) is 2.86. The fraction of sp³-hybridized carbons (Fsp3) is 0.517. The molecule has 1 heterocycles. The summed E-state index contributed by atoms with van der Waals surface area (Å²) in [5.74, 6) is 1.66. The number of ether oxygens (including phenoxy) is 1. The summed E-state index contributed by atoms with van der Waals surface area (Å²) in [4.78, 5) is 21.7. The third-order valence-electron chi connectivity index (χ3n) is 6.55. The Balaban J connectivity index is 1.97. The summed E-state index contributed by atoms with van der Waals surface area (Å²) in [5.41, 5.74) is 2.29. The van der Waals surface area contributed by atoms with E-state index in [0.29, 0.717) is 35.6 Å². The molecule has 36 heavy (non-hydrogen) atoms. The molecule has 0 amide bonds. The number of carbonyl (C=O) groups excluding carboxylic acids is 1. The van der Waals surface area contributed by atoms with E-state index in [9.17, 15) is 4.79 Å². The second kappa shape index (κ2) is 13.5. The number of amidine groups is 1. The zero-order valence-electron chi connectivity index (χ0n) is 22.7. The van der Waals surface area contributed by atoms with Gasteiger partial charge in [0.15, 0.2) is 6.29 Å². The summed E-state index contributed by atoms with van der Waals surface area (Å²) >= 11 is 0. The van der Waals surface area contributed by atoms with Gasteiger partial charge in [-0.15, -0.1) is 0 Å². The second-order valence-corrected chi connectivity index (χ2v) is 10.0. The van der Waals surface area contributed by atoms with Gasteiger partial charge in [-0.05, 0) is 45.0 Å². The predicted molar refractivity (Wildman–Crippen MR) is 149 cm³/mol. The lowest BCUT2D eigenvalue weighted by molar-refractivity contribution is 0.112. The minimum absolute atomic E-state index is 0.153. The normalized spacial score (nSPS) is 20.6. The maximum absolute atomic E-state index is 12.0. The van der Waals surface area contributed by atoms with E-state index in [-0.39, 0.29) is 12.1 Å². The first kappa shape index (κ1) is 27.8. The zero-order valence-corrected chi connectivity index (χ0v) is 22.7. The van der Waals surface area contributed by atoms with Gasteiger partial charge in [-0.1, -0.05) is 43.7 Å². The summed E-state index contributed by atoms with van der Waals surface area (Å²) in [6, 6.07) is 16.7. The molecule has 0 radical (unpaired) electrons. The summed E-state index contributed by atoms with van der Waals surface area (Å²) in [6.45, 7) is 9.28. The zero-order chi connectivity index (χ0) is 26.1. The average molecular weight is 494 g/mol. The number of piperazine rings is 1. The molecule has 7 heteroatoms. The molecule has 1 aliphatic heterocycles. The Bertz CT molecular complexity index is 984. The molecular weight excluding hydrogens is 450 g/mol. The molecular formula is C29H43N5O2. The lowest BCUT2D eigenvalue weighted by Crippen LogP contribution is -2.59. The Morgan fingerprint density at radius 2 is 1.89 bits per heavy atom. The van der Waals surface area contributed by atoms with Crippen molar-refractivity contribution in [2.24, 2.45) is 4.99 Å². The Morgan fingerprint density at radius 3 is 2.47 bits per heavy atom.